The molecule has 0 saturated carbocycles. The highest BCUT2D eigenvalue weighted by atomic mass is 32.2. The number of aryl methyl sites for hydroxylation is 1. The normalized spacial score (nSPS) is 10.9. The van der Waals surface area contributed by atoms with Gasteiger partial charge in [-0.2, -0.15) is 0 Å². The minimum Gasteiger partial charge on any atom is -0.315 e. The van der Waals surface area contributed by atoms with Crippen LogP contribution in [0.4, 0.5) is 5.69 Å². The van der Waals surface area contributed by atoms with Crippen molar-refractivity contribution in [2.75, 3.05) is 17.7 Å². The monoisotopic (exact) mass is 431 g/mol. The number of anilines is 1. The molecule has 2 heterocycles. The summed E-state index contributed by atoms with van der Waals surface area (Å²) in [7, 11) is 1.74. The van der Waals surface area contributed by atoms with Gasteiger partial charge in [0.15, 0.2) is 16.3 Å². The number of amides is 1. The van der Waals surface area contributed by atoms with Gasteiger partial charge in [0.2, 0.25) is 5.91 Å². The zero-order valence-corrected chi connectivity index (χ0v) is 17.8. The summed E-state index contributed by atoms with van der Waals surface area (Å²) in [5, 5.41) is 0.462. The minimum absolute atomic E-state index is 0.0840. The van der Waals surface area contributed by atoms with Gasteiger partial charge in [0.25, 0.3) is 5.56 Å². The van der Waals surface area contributed by atoms with Gasteiger partial charge in [0, 0.05) is 31.7 Å². The molecular formula is C23H21N5O2S. The molecular weight excluding hydrogens is 410 g/mol. The number of carbonyl (C=O) groups excluding carboxylic acids is 1. The van der Waals surface area contributed by atoms with Crippen LogP contribution in [0.2, 0.25) is 0 Å². The van der Waals surface area contributed by atoms with Crippen molar-refractivity contribution in [1.29, 1.82) is 0 Å². The highest BCUT2D eigenvalue weighted by molar-refractivity contribution is 7.99. The molecule has 1 amide bonds. The summed E-state index contributed by atoms with van der Waals surface area (Å²) in [6.45, 7) is 0.438. The first-order valence-corrected chi connectivity index (χ1v) is 10.8. The molecule has 156 valence electrons. The first-order chi connectivity index (χ1) is 15.1. The third-order valence-electron chi connectivity index (χ3n) is 4.87. The van der Waals surface area contributed by atoms with Crippen LogP contribution in [0.15, 0.2) is 83.0 Å². The van der Waals surface area contributed by atoms with E-state index in [0.29, 0.717) is 18.1 Å². The molecule has 0 saturated heterocycles. The van der Waals surface area contributed by atoms with Gasteiger partial charge in [-0.05, 0) is 24.1 Å². The van der Waals surface area contributed by atoms with E-state index in [1.54, 1.807) is 16.5 Å². The highest BCUT2D eigenvalue weighted by Crippen LogP contribution is 2.19. The van der Waals surface area contributed by atoms with E-state index in [0.717, 1.165) is 11.3 Å². The van der Waals surface area contributed by atoms with Gasteiger partial charge in [-0.1, -0.05) is 60.3 Å². The van der Waals surface area contributed by atoms with Crippen LogP contribution in [-0.4, -0.2) is 38.2 Å². The molecule has 0 aliphatic rings. The zero-order chi connectivity index (χ0) is 21.6. The van der Waals surface area contributed by atoms with E-state index in [1.165, 1.54) is 24.2 Å². The number of para-hydroxylation sites is 1. The molecule has 0 unspecified atom stereocenters. The second-order valence-electron chi connectivity index (χ2n) is 6.89. The van der Waals surface area contributed by atoms with E-state index in [4.69, 9.17) is 0 Å². The second kappa shape index (κ2) is 9.53. The Hall–Kier alpha value is -3.52. The maximum absolute atomic E-state index is 13.1. The number of benzene rings is 2. The minimum atomic E-state index is -0.250. The number of thioether (sulfide) groups is 1. The van der Waals surface area contributed by atoms with Crippen molar-refractivity contribution in [1.82, 2.24) is 19.5 Å². The number of aromatic nitrogens is 4. The van der Waals surface area contributed by atoms with Crippen LogP contribution in [0.5, 0.6) is 0 Å². The van der Waals surface area contributed by atoms with Gasteiger partial charge in [0.1, 0.15) is 0 Å². The lowest BCUT2D eigenvalue weighted by atomic mass is 10.1. The van der Waals surface area contributed by atoms with Gasteiger partial charge in [0.05, 0.1) is 5.75 Å². The Morgan fingerprint density at radius 1 is 1.00 bits per heavy atom. The van der Waals surface area contributed by atoms with Crippen molar-refractivity contribution in [2.24, 2.45) is 0 Å². The molecule has 0 fully saturated rings. The van der Waals surface area contributed by atoms with Gasteiger partial charge >= 0.3 is 0 Å². The lowest BCUT2D eigenvalue weighted by Gasteiger charge is -2.17. The quantitative estimate of drug-likeness (QED) is 0.330. The summed E-state index contributed by atoms with van der Waals surface area (Å²) >= 11 is 1.24. The summed E-state index contributed by atoms with van der Waals surface area (Å²) in [6, 6.07) is 19.4. The second-order valence-corrected chi connectivity index (χ2v) is 7.83. The Bertz CT molecular complexity index is 1250. The van der Waals surface area contributed by atoms with Crippen LogP contribution in [0.1, 0.15) is 5.56 Å². The summed E-state index contributed by atoms with van der Waals surface area (Å²) in [4.78, 5) is 40.3. The fourth-order valence-electron chi connectivity index (χ4n) is 3.14. The van der Waals surface area contributed by atoms with Crippen molar-refractivity contribution in [2.45, 2.75) is 18.1 Å². The molecule has 31 heavy (non-hydrogen) atoms. The number of rotatable bonds is 7. The van der Waals surface area contributed by atoms with Gasteiger partial charge < -0.3 is 4.90 Å². The predicted octanol–water partition coefficient (Wildman–Crippen LogP) is 3.18. The van der Waals surface area contributed by atoms with Crippen LogP contribution >= 0.6 is 11.8 Å². The van der Waals surface area contributed by atoms with Crippen molar-refractivity contribution in [3.63, 3.8) is 0 Å². The molecule has 2 aromatic carbocycles. The smallest absolute Gasteiger partial charge is 0.282 e. The number of nitrogens with zero attached hydrogens (tertiary/aromatic N) is 5. The summed E-state index contributed by atoms with van der Waals surface area (Å²) in [5.74, 6) is 0.0638. The van der Waals surface area contributed by atoms with Crippen LogP contribution in [0.3, 0.4) is 0 Å². The van der Waals surface area contributed by atoms with Crippen LogP contribution in [0, 0.1) is 0 Å². The molecule has 0 atom stereocenters. The molecule has 8 heteroatoms. The lowest BCUT2D eigenvalue weighted by molar-refractivity contribution is -0.115. The van der Waals surface area contributed by atoms with E-state index < -0.39 is 0 Å². The van der Waals surface area contributed by atoms with E-state index >= 15 is 0 Å². The molecule has 4 rings (SSSR count). The Morgan fingerprint density at radius 2 is 1.68 bits per heavy atom. The maximum atomic E-state index is 13.1. The van der Waals surface area contributed by atoms with Gasteiger partial charge in [-0.3, -0.25) is 14.2 Å². The first-order valence-electron chi connectivity index (χ1n) is 9.83. The topological polar surface area (TPSA) is 81.0 Å². The molecule has 0 N–H and O–H groups in total. The zero-order valence-electron chi connectivity index (χ0n) is 17.0. The van der Waals surface area contributed by atoms with Crippen molar-refractivity contribution < 1.29 is 4.79 Å². The molecule has 0 bridgehead atoms. The number of hydrogen-bond acceptors (Lipinski definition) is 6. The SMILES string of the molecule is CN(C(=O)CSc1nc2nccnc2c(=O)n1CCc1ccccc1)c1ccccc1. The number of hydrogen-bond donors (Lipinski definition) is 0. The van der Waals surface area contributed by atoms with E-state index in [1.807, 2.05) is 60.7 Å². The van der Waals surface area contributed by atoms with E-state index in [9.17, 15) is 9.59 Å². The molecule has 7 nitrogen and oxygen atoms in total. The molecule has 2 aromatic heterocycles. The van der Waals surface area contributed by atoms with E-state index in [2.05, 4.69) is 15.0 Å². The molecule has 0 radical (unpaired) electrons. The van der Waals surface area contributed by atoms with Crippen LogP contribution in [0.25, 0.3) is 11.2 Å². The first kappa shape index (κ1) is 20.7. The third-order valence-corrected chi connectivity index (χ3v) is 5.83. The molecule has 4 aromatic rings. The predicted molar refractivity (Wildman–Crippen MR) is 122 cm³/mol. The van der Waals surface area contributed by atoms with Gasteiger partial charge in [-0.15, -0.1) is 0 Å². The lowest BCUT2D eigenvalue weighted by Crippen LogP contribution is -2.29. The summed E-state index contributed by atoms with van der Waals surface area (Å²) in [6.07, 6.45) is 3.66. The average molecular weight is 432 g/mol. The standard InChI is InChI=1S/C23H21N5O2S/c1-27(18-10-6-3-7-11-18)19(29)16-31-23-26-21-20(24-13-14-25-21)22(30)28(23)15-12-17-8-4-2-5-9-17/h2-11,13-14H,12,15-16H2,1H3. The van der Waals surface area contributed by atoms with Crippen molar-refractivity contribution in [3.05, 3.63) is 89.0 Å². The largest absolute Gasteiger partial charge is 0.315 e. The van der Waals surface area contributed by atoms with Gasteiger partial charge in [-0.25, -0.2) is 15.0 Å². The summed E-state index contributed by atoms with van der Waals surface area (Å²) in [5.41, 5.74) is 2.19. The highest BCUT2D eigenvalue weighted by Gasteiger charge is 2.17. The fourth-order valence-corrected chi connectivity index (χ4v) is 4.07. The molecule has 0 aliphatic heterocycles. The Labute approximate surface area is 183 Å². The van der Waals surface area contributed by atoms with Crippen LogP contribution in [-0.2, 0) is 17.8 Å². The summed E-state index contributed by atoms with van der Waals surface area (Å²) < 4.78 is 1.59. The van der Waals surface area contributed by atoms with E-state index in [-0.39, 0.29) is 28.4 Å². The maximum Gasteiger partial charge on any atom is 0.282 e. The third kappa shape index (κ3) is 4.80. The molecule has 0 aliphatic carbocycles. The number of carbonyl (C=O) groups is 1. The fraction of sp³-hybridized carbons (Fsp3) is 0.174. The van der Waals surface area contributed by atoms with Crippen LogP contribution < -0.4 is 10.5 Å². The van der Waals surface area contributed by atoms with Crippen molar-refractivity contribution in [3.8, 4) is 0 Å². The Kier molecular flexibility index (Phi) is 6.37. The Morgan fingerprint density at radius 3 is 2.42 bits per heavy atom. The Balaban J connectivity index is 1.59. The molecule has 0 spiro atoms. The average Bonchev–Trinajstić information content (AvgIpc) is 2.83. The van der Waals surface area contributed by atoms with Crippen molar-refractivity contribution >= 4 is 34.5 Å². The number of fused-ring (bicyclic) bond motifs is 1.